The standard InChI is InChI=1S/C13H24Cl2O2/c1-3-11(14)7-4-5-8-12(15)9-6-10-13(16)17-2/h11-12H,3-10H2,1-2H3. The van der Waals surface area contributed by atoms with Gasteiger partial charge in [0.2, 0.25) is 0 Å². The zero-order valence-electron chi connectivity index (χ0n) is 10.9. The minimum absolute atomic E-state index is 0.151. The van der Waals surface area contributed by atoms with E-state index in [4.69, 9.17) is 23.2 Å². The van der Waals surface area contributed by atoms with E-state index in [1.807, 2.05) is 0 Å². The third-order valence-electron chi connectivity index (χ3n) is 2.85. The molecule has 0 saturated carbocycles. The van der Waals surface area contributed by atoms with Crippen molar-refractivity contribution >= 4 is 29.2 Å². The number of carbonyl (C=O) groups excluding carboxylic acids is 1. The maximum absolute atomic E-state index is 10.9. The zero-order valence-corrected chi connectivity index (χ0v) is 12.4. The Morgan fingerprint density at radius 3 is 2.12 bits per heavy atom. The van der Waals surface area contributed by atoms with Crippen molar-refractivity contribution in [1.29, 1.82) is 0 Å². The highest BCUT2D eigenvalue weighted by Crippen LogP contribution is 2.18. The Bertz CT molecular complexity index is 198. The van der Waals surface area contributed by atoms with Gasteiger partial charge in [0, 0.05) is 17.2 Å². The fourth-order valence-corrected chi connectivity index (χ4v) is 2.11. The Morgan fingerprint density at radius 2 is 1.59 bits per heavy atom. The van der Waals surface area contributed by atoms with Crippen molar-refractivity contribution in [3.05, 3.63) is 0 Å². The molecule has 0 aliphatic rings. The average molecular weight is 283 g/mol. The number of hydrogen-bond acceptors (Lipinski definition) is 2. The molecule has 102 valence electrons. The maximum atomic E-state index is 10.9. The van der Waals surface area contributed by atoms with E-state index in [9.17, 15) is 4.79 Å². The van der Waals surface area contributed by atoms with Gasteiger partial charge < -0.3 is 4.74 Å². The summed E-state index contributed by atoms with van der Waals surface area (Å²) in [5.74, 6) is -0.151. The van der Waals surface area contributed by atoms with Gasteiger partial charge in [-0.1, -0.05) is 19.8 Å². The largest absolute Gasteiger partial charge is 0.469 e. The van der Waals surface area contributed by atoms with Crippen LogP contribution in [0.3, 0.4) is 0 Å². The number of halogens is 2. The van der Waals surface area contributed by atoms with Gasteiger partial charge in [-0.2, -0.15) is 0 Å². The van der Waals surface area contributed by atoms with Gasteiger partial charge in [0.05, 0.1) is 7.11 Å². The first-order valence-electron chi connectivity index (χ1n) is 6.45. The molecule has 2 atom stereocenters. The molecular formula is C13H24Cl2O2. The second kappa shape index (κ2) is 11.2. The lowest BCUT2D eigenvalue weighted by atomic mass is 10.1. The van der Waals surface area contributed by atoms with Gasteiger partial charge in [0.15, 0.2) is 0 Å². The molecule has 0 aliphatic carbocycles. The molecule has 0 fully saturated rings. The number of esters is 1. The van der Waals surface area contributed by atoms with Gasteiger partial charge in [0.1, 0.15) is 0 Å². The van der Waals surface area contributed by atoms with Crippen LogP contribution in [0.15, 0.2) is 0 Å². The highest BCUT2D eigenvalue weighted by atomic mass is 35.5. The molecule has 0 bridgehead atoms. The summed E-state index contributed by atoms with van der Waals surface area (Å²) >= 11 is 12.2. The topological polar surface area (TPSA) is 26.3 Å². The second-order valence-electron chi connectivity index (χ2n) is 4.36. The van der Waals surface area contributed by atoms with E-state index in [1.165, 1.54) is 7.11 Å². The van der Waals surface area contributed by atoms with Crippen molar-refractivity contribution in [1.82, 2.24) is 0 Å². The highest BCUT2D eigenvalue weighted by Gasteiger charge is 2.07. The van der Waals surface area contributed by atoms with Gasteiger partial charge >= 0.3 is 5.97 Å². The number of unbranched alkanes of at least 4 members (excludes halogenated alkanes) is 1. The summed E-state index contributed by atoms with van der Waals surface area (Å²) in [6.45, 7) is 2.11. The summed E-state index contributed by atoms with van der Waals surface area (Å²) in [7, 11) is 1.41. The van der Waals surface area contributed by atoms with Crippen LogP contribution in [-0.2, 0) is 9.53 Å². The fourth-order valence-electron chi connectivity index (χ4n) is 1.65. The first-order valence-corrected chi connectivity index (χ1v) is 7.32. The van der Waals surface area contributed by atoms with Gasteiger partial charge in [-0.05, 0) is 32.1 Å². The number of carbonyl (C=O) groups is 1. The molecule has 0 aromatic carbocycles. The molecule has 0 aromatic heterocycles. The summed E-state index contributed by atoms with van der Waals surface area (Å²) in [4.78, 5) is 10.9. The minimum atomic E-state index is -0.151. The Balaban J connectivity index is 3.34. The maximum Gasteiger partial charge on any atom is 0.305 e. The van der Waals surface area contributed by atoms with Crippen molar-refractivity contribution in [3.8, 4) is 0 Å². The third kappa shape index (κ3) is 10.9. The predicted molar refractivity (Wildman–Crippen MR) is 73.9 cm³/mol. The van der Waals surface area contributed by atoms with E-state index in [0.717, 1.165) is 44.9 Å². The molecule has 0 radical (unpaired) electrons. The first-order chi connectivity index (χ1) is 8.10. The van der Waals surface area contributed by atoms with Gasteiger partial charge in [-0.3, -0.25) is 4.79 Å². The van der Waals surface area contributed by atoms with Crippen LogP contribution in [-0.4, -0.2) is 23.8 Å². The lowest BCUT2D eigenvalue weighted by molar-refractivity contribution is -0.140. The minimum Gasteiger partial charge on any atom is -0.469 e. The van der Waals surface area contributed by atoms with Crippen LogP contribution in [0, 0.1) is 0 Å². The molecule has 2 unspecified atom stereocenters. The van der Waals surface area contributed by atoms with Crippen molar-refractivity contribution < 1.29 is 9.53 Å². The molecule has 0 spiro atoms. The summed E-state index contributed by atoms with van der Waals surface area (Å²) in [6.07, 6.45) is 7.55. The Hall–Kier alpha value is 0.0500. The molecule has 17 heavy (non-hydrogen) atoms. The molecule has 0 heterocycles. The molecule has 0 aliphatic heterocycles. The molecule has 0 saturated heterocycles. The summed E-state index contributed by atoms with van der Waals surface area (Å²) in [6, 6.07) is 0. The third-order valence-corrected chi connectivity index (χ3v) is 3.82. The van der Waals surface area contributed by atoms with Crippen molar-refractivity contribution in [3.63, 3.8) is 0 Å². The van der Waals surface area contributed by atoms with Crippen LogP contribution in [0.1, 0.15) is 58.3 Å². The Morgan fingerprint density at radius 1 is 1.06 bits per heavy atom. The van der Waals surface area contributed by atoms with Gasteiger partial charge in [-0.15, -0.1) is 23.2 Å². The zero-order chi connectivity index (χ0) is 13.1. The highest BCUT2D eigenvalue weighted by molar-refractivity contribution is 6.20. The van der Waals surface area contributed by atoms with Crippen LogP contribution in [0.2, 0.25) is 0 Å². The molecule has 0 aromatic rings. The Labute approximate surface area is 115 Å². The van der Waals surface area contributed by atoms with E-state index < -0.39 is 0 Å². The number of ether oxygens (including phenoxy) is 1. The predicted octanol–water partition coefficient (Wildman–Crippen LogP) is 4.51. The lowest BCUT2D eigenvalue weighted by Crippen LogP contribution is -2.04. The molecule has 0 N–H and O–H groups in total. The molecule has 4 heteroatoms. The fraction of sp³-hybridized carbons (Fsp3) is 0.923. The summed E-state index contributed by atoms with van der Waals surface area (Å²) < 4.78 is 4.57. The SMILES string of the molecule is CCC(Cl)CCCCC(Cl)CCCC(=O)OC. The van der Waals surface area contributed by atoms with E-state index in [0.29, 0.717) is 11.8 Å². The van der Waals surface area contributed by atoms with Crippen molar-refractivity contribution in [2.45, 2.75) is 69.0 Å². The van der Waals surface area contributed by atoms with E-state index in [1.54, 1.807) is 0 Å². The number of rotatable bonds is 10. The van der Waals surface area contributed by atoms with Crippen LogP contribution in [0.4, 0.5) is 0 Å². The lowest BCUT2D eigenvalue weighted by Gasteiger charge is -2.10. The monoisotopic (exact) mass is 282 g/mol. The number of hydrogen-bond donors (Lipinski definition) is 0. The van der Waals surface area contributed by atoms with Crippen molar-refractivity contribution in [2.24, 2.45) is 0 Å². The number of alkyl halides is 2. The van der Waals surface area contributed by atoms with Crippen molar-refractivity contribution in [2.75, 3.05) is 7.11 Å². The molecular weight excluding hydrogens is 259 g/mol. The smallest absolute Gasteiger partial charge is 0.305 e. The second-order valence-corrected chi connectivity index (χ2v) is 5.59. The van der Waals surface area contributed by atoms with Crippen LogP contribution < -0.4 is 0 Å². The van der Waals surface area contributed by atoms with Crippen LogP contribution >= 0.6 is 23.2 Å². The number of methoxy groups -OCH3 is 1. The van der Waals surface area contributed by atoms with E-state index in [2.05, 4.69) is 11.7 Å². The first kappa shape index (κ1) is 17.1. The van der Waals surface area contributed by atoms with Crippen LogP contribution in [0.25, 0.3) is 0 Å². The molecule has 0 amide bonds. The normalized spacial score (nSPS) is 14.4. The van der Waals surface area contributed by atoms with Gasteiger partial charge in [-0.25, -0.2) is 0 Å². The Kier molecular flexibility index (Phi) is 11.2. The summed E-state index contributed by atoms with van der Waals surface area (Å²) in [5.41, 5.74) is 0. The van der Waals surface area contributed by atoms with E-state index in [-0.39, 0.29) is 11.3 Å². The quantitative estimate of drug-likeness (QED) is 0.335. The van der Waals surface area contributed by atoms with Crippen LogP contribution in [0.5, 0.6) is 0 Å². The average Bonchev–Trinajstić information content (AvgIpc) is 2.33. The van der Waals surface area contributed by atoms with Gasteiger partial charge in [0.25, 0.3) is 0 Å². The van der Waals surface area contributed by atoms with E-state index >= 15 is 0 Å². The molecule has 0 rings (SSSR count). The summed E-state index contributed by atoms with van der Waals surface area (Å²) in [5, 5.41) is 0.484. The molecule has 2 nitrogen and oxygen atoms in total.